The maximum Gasteiger partial charge on any atom is 0.113 e. The van der Waals surface area contributed by atoms with Crippen molar-refractivity contribution in [3.63, 3.8) is 0 Å². The minimum absolute atomic E-state index is 0.0881. The van der Waals surface area contributed by atoms with Crippen LogP contribution in [0.15, 0.2) is 0 Å². The highest BCUT2D eigenvalue weighted by Gasteiger charge is 2.44. The Labute approximate surface area is 115 Å². The van der Waals surface area contributed by atoms with Crippen LogP contribution in [0.5, 0.6) is 0 Å². The van der Waals surface area contributed by atoms with Gasteiger partial charge in [0.25, 0.3) is 0 Å². The molecule has 1 saturated carbocycles. The van der Waals surface area contributed by atoms with Crippen molar-refractivity contribution in [3.8, 4) is 0 Å². The smallest absolute Gasteiger partial charge is 0.113 e. The van der Waals surface area contributed by atoms with Crippen LogP contribution in [0.25, 0.3) is 0 Å². The molecule has 1 N–H and O–H groups in total. The summed E-state index contributed by atoms with van der Waals surface area (Å²) < 4.78 is 0. The normalized spacial score (nSPS) is 31.6. The lowest BCUT2D eigenvalue weighted by molar-refractivity contribution is 0.0850. The van der Waals surface area contributed by atoms with Gasteiger partial charge >= 0.3 is 0 Å². The Morgan fingerprint density at radius 1 is 1.28 bits per heavy atom. The van der Waals surface area contributed by atoms with Crippen LogP contribution < -0.4 is 5.32 Å². The van der Waals surface area contributed by atoms with E-state index in [1.54, 1.807) is 0 Å². The monoisotopic (exact) mass is 266 g/mol. The van der Waals surface area contributed by atoms with E-state index >= 15 is 0 Å². The molecule has 0 spiro atoms. The fraction of sp³-hybridized carbons (Fsp3) is 0.800. The van der Waals surface area contributed by atoms with Gasteiger partial charge in [-0.15, -0.1) is 11.3 Å². The van der Waals surface area contributed by atoms with Gasteiger partial charge < -0.3 is 5.32 Å². The molecule has 3 heteroatoms. The lowest BCUT2D eigenvalue weighted by atomic mass is 9.64. The van der Waals surface area contributed by atoms with Gasteiger partial charge in [0.1, 0.15) is 5.01 Å². The Kier molecular flexibility index (Phi) is 3.58. The van der Waals surface area contributed by atoms with Gasteiger partial charge in [0.05, 0.1) is 11.2 Å². The summed E-state index contributed by atoms with van der Waals surface area (Å²) in [4.78, 5) is 6.19. The first-order chi connectivity index (χ1) is 8.28. The largest absolute Gasteiger partial charge is 0.308 e. The molecule has 1 heterocycles. The lowest BCUT2D eigenvalue weighted by Gasteiger charge is -2.46. The average molecular weight is 266 g/mol. The zero-order valence-electron chi connectivity index (χ0n) is 12.6. The van der Waals surface area contributed by atoms with E-state index < -0.39 is 0 Å². The van der Waals surface area contributed by atoms with Crippen LogP contribution in [0.4, 0.5) is 0 Å². The van der Waals surface area contributed by atoms with Crippen LogP contribution in [-0.4, -0.2) is 12.0 Å². The van der Waals surface area contributed by atoms with E-state index in [-0.39, 0.29) is 5.54 Å². The zero-order valence-corrected chi connectivity index (χ0v) is 13.4. The lowest BCUT2D eigenvalue weighted by Crippen LogP contribution is -2.48. The van der Waals surface area contributed by atoms with Crippen molar-refractivity contribution < 1.29 is 0 Å². The van der Waals surface area contributed by atoms with E-state index in [4.69, 9.17) is 4.98 Å². The SMILES string of the molecule is CNC1(c2nc(C)c(C)s2)CC(C)CC(C)(C)C1. The highest BCUT2D eigenvalue weighted by atomic mass is 32.1. The molecule has 0 radical (unpaired) electrons. The van der Waals surface area contributed by atoms with Crippen molar-refractivity contribution >= 4 is 11.3 Å². The molecule has 1 aliphatic carbocycles. The number of hydrogen-bond acceptors (Lipinski definition) is 3. The highest BCUT2D eigenvalue weighted by Crippen LogP contribution is 2.49. The van der Waals surface area contributed by atoms with Crippen molar-refractivity contribution in [2.24, 2.45) is 11.3 Å². The summed E-state index contributed by atoms with van der Waals surface area (Å²) in [6, 6.07) is 0. The molecule has 1 aromatic heterocycles. The van der Waals surface area contributed by atoms with Gasteiger partial charge in [-0.3, -0.25) is 0 Å². The summed E-state index contributed by atoms with van der Waals surface area (Å²) in [6.07, 6.45) is 3.71. The van der Waals surface area contributed by atoms with Crippen molar-refractivity contribution in [2.75, 3.05) is 7.05 Å². The van der Waals surface area contributed by atoms with Gasteiger partial charge in [-0.25, -0.2) is 4.98 Å². The van der Waals surface area contributed by atoms with Crippen LogP contribution in [-0.2, 0) is 5.54 Å². The predicted octanol–water partition coefficient (Wildman–Crippen LogP) is 4.02. The number of rotatable bonds is 2. The quantitative estimate of drug-likeness (QED) is 0.874. The Balaban J connectivity index is 2.41. The summed E-state index contributed by atoms with van der Waals surface area (Å²) in [6.45, 7) is 11.5. The maximum atomic E-state index is 4.83. The highest BCUT2D eigenvalue weighted by molar-refractivity contribution is 7.11. The van der Waals surface area contributed by atoms with E-state index in [1.165, 1.54) is 34.8 Å². The molecule has 0 aliphatic heterocycles. The summed E-state index contributed by atoms with van der Waals surface area (Å²) in [5.41, 5.74) is 1.68. The standard InChI is InChI=1S/C15H26N2S/c1-10-7-14(4,5)9-15(8-10,16-6)13-17-11(2)12(3)18-13/h10,16H,7-9H2,1-6H3. The van der Waals surface area contributed by atoms with E-state index in [2.05, 4.69) is 47.0 Å². The molecule has 2 unspecified atom stereocenters. The maximum absolute atomic E-state index is 4.83. The van der Waals surface area contributed by atoms with Crippen LogP contribution >= 0.6 is 11.3 Å². The van der Waals surface area contributed by atoms with Crippen molar-refractivity contribution in [1.82, 2.24) is 10.3 Å². The molecule has 1 aromatic rings. The third kappa shape index (κ3) is 2.48. The summed E-state index contributed by atoms with van der Waals surface area (Å²) in [7, 11) is 2.10. The Hall–Kier alpha value is -0.410. The summed E-state index contributed by atoms with van der Waals surface area (Å²) >= 11 is 1.87. The average Bonchev–Trinajstić information content (AvgIpc) is 2.56. The van der Waals surface area contributed by atoms with Crippen LogP contribution in [0.1, 0.15) is 55.6 Å². The first-order valence-corrected chi connectivity index (χ1v) is 7.73. The first kappa shape index (κ1) is 14.0. The molecular weight excluding hydrogens is 240 g/mol. The Morgan fingerprint density at radius 3 is 2.39 bits per heavy atom. The number of aromatic nitrogens is 1. The number of nitrogens with one attached hydrogen (secondary N) is 1. The van der Waals surface area contributed by atoms with Gasteiger partial charge in [0.15, 0.2) is 0 Å². The second-order valence-corrected chi connectivity index (χ2v) is 8.05. The Bertz CT molecular complexity index is 416. The number of nitrogens with zero attached hydrogens (tertiary/aromatic N) is 1. The second kappa shape index (κ2) is 4.61. The Morgan fingerprint density at radius 2 is 1.94 bits per heavy atom. The zero-order chi connectivity index (χ0) is 13.6. The van der Waals surface area contributed by atoms with E-state index in [0.29, 0.717) is 5.41 Å². The molecule has 1 fully saturated rings. The third-order valence-electron chi connectivity index (χ3n) is 4.29. The van der Waals surface area contributed by atoms with Gasteiger partial charge in [0.2, 0.25) is 0 Å². The van der Waals surface area contributed by atoms with Gasteiger partial charge in [-0.05, 0) is 51.5 Å². The summed E-state index contributed by atoms with van der Waals surface area (Å²) in [5.74, 6) is 0.755. The molecule has 2 rings (SSSR count). The van der Waals surface area contributed by atoms with Crippen LogP contribution in [0.2, 0.25) is 0 Å². The minimum Gasteiger partial charge on any atom is -0.308 e. The predicted molar refractivity (Wildman–Crippen MR) is 79.1 cm³/mol. The molecule has 0 saturated heterocycles. The van der Waals surface area contributed by atoms with E-state index in [9.17, 15) is 0 Å². The molecule has 2 nitrogen and oxygen atoms in total. The topological polar surface area (TPSA) is 24.9 Å². The van der Waals surface area contributed by atoms with Gasteiger partial charge in [-0.1, -0.05) is 20.8 Å². The molecular formula is C15H26N2S. The van der Waals surface area contributed by atoms with E-state index in [0.717, 1.165) is 5.92 Å². The molecule has 0 amide bonds. The first-order valence-electron chi connectivity index (χ1n) is 6.91. The molecule has 18 heavy (non-hydrogen) atoms. The number of thiazole rings is 1. The van der Waals surface area contributed by atoms with E-state index in [1.807, 2.05) is 11.3 Å². The third-order valence-corrected chi connectivity index (χ3v) is 5.57. The van der Waals surface area contributed by atoms with Crippen molar-refractivity contribution in [1.29, 1.82) is 0 Å². The molecule has 0 bridgehead atoms. The number of hydrogen-bond donors (Lipinski definition) is 1. The molecule has 102 valence electrons. The molecule has 0 aromatic carbocycles. The molecule has 2 atom stereocenters. The van der Waals surface area contributed by atoms with Crippen molar-refractivity contribution in [3.05, 3.63) is 15.6 Å². The van der Waals surface area contributed by atoms with Gasteiger partial charge in [0, 0.05) is 4.88 Å². The molecule has 1 aliphatic rings. The van der Waals surface area contributed by atoms with Crippen LogP contribution in [0.3, 0.4) is 0 Å². The summed E-state index contributed by atoms with van der Waals surface area (Å²) in [5, 5.41) is 4.90. The van der Waals surface area contributed by atoms with Crippen LogP contribution in [0, 0.1) is 25.2 Å². The minimum atomic E-state index is 0.0881. The van der Waals surface area contributed by atoms with Crippen molar-refractivity contribution in [2.45, 2.75) is 59.4 Å². The van der Waals surface area contributed by atoms with Gasteiger partial charge in [-0.2, -0.15) is 0 Å². The number of aryl methyl sites for hydroxylation is 2. The second-order valence-electron chi connectivity index (χ2n) is 6.85. The fourth-order valence-electron chi connectivity index (χ4n) is 3.71. The fourth-order valence-corrected chi connectivity index (χ4v) is 4.83.